The predicted octanol–water partition coefficient (Wildman–Crippen LogP) is 3.05. The Morgan fingerprint density at radius 3 is 2.60 bits per heavy atom. The second-order valence-corrected chi connectivity index (χ2v) is 7.49. The smallest absolute Gasteiger partial charge is 0.294 e. The van der Waals surface area contributed by atoms with Gasteiger partial charge in [0.1, 0.15) is 5.69 Å². The van der Waals surface area contributed by atoms with Crippen molar-refractivity contribution < 1.29 is 9.72 Å². The normalized spacial score (nSPS) is 14.6. The number of nitrogens with zero attached hydrogens (tertiary/aromatic N) is 5. The highest BCUT2D eigenvalue weighted by atomic mass is 16.6. The molecule has 0 radical (unpaired) electrons. The van der Waals surface area contributed by atoms with Gasteiger partial charge in [0.25, 0.3) is 11.6 Å². The highest BCUT2D eigenvalue weighted by Gasteiger charge is 2.25. The van der Waals surface area contributed by atoms with Crippen molar-refractivity contribution in [3.05, 3.63) is 88.0 Å². The summed E-state index contributed by atoms with van der Waals surface area (Å²) in [4.78, 5) is 32.1. The molecule has 0 saturated carbocycles. The van der Waals surface area contributed by atoms with E-state index in [4.69, 9.17) is 0 Å². The number of imidazole rings is 1. The van der Waals surface area contributed by atoms with E-state index in [-0.39, 0.29) is 11.6 Å². The van der Waals surface area contributed by atoms with Crippen LogP contribution in [0.2, 0.25) is 0 Å². The number of carbonyl (C=O) groups is 1. The minimum atomic E-state index is -0.466. The molecule has 154 valence electrons. The number of amides is 1. The zero-order chi connectivity index (χ0) is 21.1. The lowest BCUT2D eigenvalue weighted by molar-refractivity contribution is -0.384. The molecule has 3 aromatic rings. The number of piperazine rings is 1. The van der Waals surface area contributed by atoms with E-state index in [9.17, 15) is 14.9 Å². The summed E-state index contributed by atoms with van der Waals surface area (Å²) in [5.74, 6) is -0.175. The van der Waals surface area contributed by atoms with Crippen molar-refractivity contribution in [2.24, 2.45) is 0 Å². The van der Waals surface area contributed by atoms with Gasteiger partial charge >= 0.3 is 0 Å². The molecule has 8 heteroatoms. The minimum Gasteiger partial charge on any atom is -0.336 e. The molecule has 1 amide bonds. The third-order valence-electron chi connectivity index (χ3n) is 5.35. The van der Waals surface area contributed by atoms with E-state index < -0.39 is 4.92 Å². The van der Waals surface area contributed by atoms with Gasteiger partial charge in [0, 0.05) is 56.7 Å². The average Bonchev–Trinajstić information content (AvgIpc) is 3.28. The Hall–Kier alpha value is -3.52. The molecule has 30 heavy (non-hydrogen) atoms. The summed E-state index contributed by atoms with van der Waals surface area (Å²) in [6.45, 7) is 5.68. The van der Waals surface area contributed by atoms with E-state index >= 15 is 0 Å². The summed E-state index contributed by atoms with van der Waals surface area (Å²) in [5.41, 5.74) is 3.11. The highest BCUT2D eigenvalue weighted by Crippen LogP contribution is 2.25. The van der Waals surface area contributed by atoms with Gasteiger partial charge in [-0.3, -0.25) is 19.8 Å². The largest absolute Gasteiger partial charge is 0.336 e. The number of carbonyl (C=O) groups excluding carboxylic acids is 1. The molecule has 0 spiro atoms. The second-order valence-electron chi connectivity index (χ2n) is 7.49. The third kappa shape index (κ3) is 4.23. The van der Waals surface area contributed by atoms with Gasteiger partial charge in [-0.25, -0.2) is 4.98 Å². The first-order chi connectivity index (χ1) is 14.5. The summed E-state index contributed by atoms with van der Waals surface area (Å²) in [5, 5.41) is 11.5. The van der Waals surface area contributed by atoms with E-state index in [0.717, 1.165) is 19.6 Å². The SMILES string of the molecule is Cc1cccc(CN2CCN(C(=O)c3ccc(-n4ccnc4)c([N+](=O)[O-])c3)CC2)c1. The van der Waals surface area contributed by atoms with Crippen molar-refractivity contribution in [3.63, 3.8) is 0 Å². The van der Waals surface area contributed by atoms with Crippen LogP contribution in [0.25, 0.3) is 5.69 Å². The summed E-state index contributed by atoms with van der Waals surface area (Å²) in [6.07, 6.45) is 4.69. The van der Waals surface area contributed by atoms with Gasteiger partial charge in [0.05, 0.1) is 11.3 Å². The Morgan fingerprint density at radius 1 is 1.13 bits per heavy atom. The van der Waals surface area contributed by atoms with E-state index in [1.807, 2.05) is 0 Å². The number of nitro groups is 1. The molecule has 2 heterocycles. The predicted molar refractivity (Wildman–Crippen MR) is 113 cm³/mol. The molecule has 2 aromatic carbocycles. The van der Waals surface area contributed by atoms with Crippen molar-refractivity contribution in [2.45, 2.75) is 13.5 Å². The number of hydrogen-bond donors (Lipinski definition) is 0. The number of hydrogen-bond acceptors (Lipinski definition) is 5. The van der Waals surface area contributed by atoms with Crippen LogP contribution in [0.4, 0.5) is 5.69 Å². The zero-order valence-corrected chi connectivity index (χ0v) is 16.8. The molecule has 1 fully saturated rings. The molecule has 1 aromatic heterocycles. The Morgan fingerprint density at radius 2 is 1.93 bits per heavy atom. The molecule has 1 saturated heterocycles. The summed E-state index contributed by atoms with van der Waals surface area (Å²) < 4.78 is 1.57. The number of nitro benzene ring substituents is 1. The van der Waals surface area contributed by atoms with E-state index in [1.165, 1.54) is 23.5 Å². The maximum atomic E-state index is 12.9. The first-order valence-electron chi connectivity index (χ1n) is 9.85. The Bertz CT molecular complexity index is 1060. The van der Waals surface area contributed by atoms with Crippen LogP contribution >= 0.6 is 0 Å². The van der Waals surface area contributed by atoms with Crippen LogP contribution in [0, 0.1) is 17.0 Å². The van der Waals surface area contributed by atoms with Crippen LogP contribution in [0.1, 0.15) is 21.5 Å². The number of aryl methyl sites for hydroxylation is 1. The molecular formula is C22H23N5O3. The van der Waals surface area contributed by atoms with E-state index in [0.29, 0.717) is 24.3 Å². The molecular weight excluding hydrogens is 382 g/mol. The van der Waals surface area contributed by atoms with E-state index in [1.54, 1.807) is 34.0 Å². The van der Waals surface area contributed by atoms with Gasteiger partial charge in [0.2, 0.25) is 0 Å². The summed E-state index contributed by atoms with van der Waals surface area (Å²) in [6, 6.07) is 13.0. The molecule has 1 aliphatic heterocycles. The molecule has 0 N–H and O–H groups in total. The number of benzene rings is 2. The lowest BCUT2D eigenvalue weighted by Crippen LogP contribution is -2.48. The van der Waals surface area contributed by atoms with Crippen LogP contribution in [0.3, 0.4) is 0 Å². The molecule has 8 nitrogen and oxygen atoms in total. The lowest BCUT2D eigenvalue weighted by atomic mass is 10.1. The van der Waals surface area contributed by atoms with Crippen molar-refractivity contribution in [1.29, 1.82) is 0 Å². The van der Waals surface area contributed by atoms with Crippen molar-refractivity contribution in [2.75, 3.05) is 26.2 Å². The summed E-state index contributed by atoms with van der Waals surface area (Å²) in [7, 11) is 0. The van der Waals surface area contributed by atoms with Gasteiger partial charge in [-0.1, -0.05) is 29.8 Å². The van der Waals surface area contributed by atoms with Crippen molar-refractivity contribution >= 4 is 11.6 Å². The number of rotatable bonds is 5. The first-order valence-corrected chi connectivity index (χ1v) is 9.85. The molecule has 0 atom stereocenters. The maximum Gasteiger partial charge on any atom is 0.294 e. The number of aromatic nitrogens is 2. The topological polar surface area (TPSA) is 84.5 Å². The lowest BCUT2D eigenvalue weighted by Gasteiger charge is -2.34. The fourth-order valence-corrected chi connectivity index (χ4v) is 3.78. The van der Waals surface area contributed by atoms with Crippen LogP contribution in [-0.2, 0) is 6.54 Å². The molecule has 0 bridgehead atoms. The fraction of sp³-hybridized carbons (Fsp3) is 0.273. The Labute approximate surface area is 174 Å². The Balaban J connectivity index is 1.44. The average molecular weight is 405 g/mol. The van der Waals surface area contributed by atoms with Gasteiger partial charge in [-0.15, -0.1) is 0 Å². The van der Waals surface area contributed by atoms with Gasteiger partial charge in [-0.05, 0) is 24.6 Å². The van der Waals surface area contributed by atoms with Crippen molar-refractivity contribution in [1.82, 2.24) is 19.4 Å². The fourth-order valence-electron chi connectivity index (χ4n) is 3.78. The molecule has 0 unspecified atom stereocenters. The van der Waals surface area contributed by atoms with Gasteiger partial charge < -0.3 is 9.47 Å². The first kappa shape index (κ1) is 19.8. The molecule has 4 rings (SSSR count). The molecule has 0 aliphatic carbocycles. The summed E-state index contributed by atoms with van der Waals surface area (Å²) >= 11 is 0. The van der Waals surface area contributed by atoms with Crippen LogP contribution in [-0.4, -0.2) is 56.4 Å². The highest BCUT2D eigenvalue weighted by molar-refractivity contribution is 5.95. The minimum absolute atomic E-state index is 0.114. The second kappa shape index (κ2) is 8.46. The van der Waals surface area contributed by atoms with Gasteiger partial charge in [-0.2, -0.15) is 0 Å². The standard InChI is InChI=1S/C22H23N5O3/c1-17-3-2-4-18(13-17)15-24-9-11-25(12-10-24)22(28)19-5-6-20(21(14-19)27(29)30)26-8-7-23-16-26/h2-8,13-14,16H,9-12,15H2,1H3. The van der Waals surface area contributed by atoms with Crippen LogP contribution in [0.15, 0.2) is 61.2 Å². The Kier molecular flexibility index (Phi) is 5.58. The van der Waals surface area contributed by atoms with E-state index in [2.05, 4.69) is 41.1 Å². The van der Waals surface area contributed by atoms with Crippen molar-refractivity contribution in [3.8, 4) is 5.69 Å². The monoisotopic (exact) mass is 405 g/mol. The quantitative estimate of drug-likeness (QED) is 0.481. The molecule has 1 aliphatic rings. The maximum absolute atomic E-state index is 12.9. The third-order valence-corrected chi connectivity index (χ3v) is 5.35. The zero-order valence-electron chi connectivity index (χ0n) is 16.8. The van der Waals surface area contributed by atoms with Gasteiger partial charge in [0.15, 0.2) is 0 Å². The van der Waals surface area contributed by atoms with Crippen LogP contribution < -0.4 is 0 Å². The van der Waals surface area contributed by atoms with Crippen LogP contribution in [0.5, 0.6) is 0 Å².